The van der Waals surface area contributed by atoms with Gasteiger partial charge in [0.05, 0.1) is 16.4 Å². The molecule has 0 aliphatic rings. The third-order valence-corrected chi connectivity index (χ3v) is 3.66. The Morgan fingerprint density at radius 1 is 1.29 bits per heavy atom. The van der Waals surface area contributed by atoms with Crippen LogP contribution in [0.1, 0.15) is 9.67 Å². The molecule has 0 spiro atoms. The van der Waals surface area contributed by atoms with Crippen LogP contribution in [0.25, 0.3) is 0 Å². The van der Waals surface area contributed by atoms with Gasteiger partial charge in [0.1, 0.15) is 4.88 Å². The van der Waals surface area contributed by atoms with Gasteiger partial charge < -0.3 is 11.1 Å². The predicted molar refractivity (Wildman–Crippen MR) is 73.1 cm³/mol. The highest BCUT2D eigenvalue weighted by Gasteiger charge is 2.13. The van der Waals surface area contributed by atoms with Gasteiger partial charge in [-0.15, -0.1) is 11.3 Å². The number of thiophene rings is 1. The molecule has 1 aromatic heterocycles. The Hall–Kier alpha value is -1.23. The van der Waals surface area contributed by atoms with Gasteiger partial charge in [0.2, 0.25) is 0 Å². The number of nitrogen functional groups attached to an aromatic ring is 1. The minimum absolute atomic E-state index is 0.279. The zero-order valence-corrected chi connectivity index (χ0v) is 10.9. The fraction of sp³-hybridized carbons (Fsp3) is 0. The van der Waals surface area contributed by atoms with Crippen LogP contribution >= 0.6 is 34.5 Å². The lowest BCUT2D eigenvalue weighted by molar-refractivity contribution is 0.103. The fourth-order valence-electron chi connectivity index (χ4n) is 1.28. The van der Waals surface area contributed by atoms with Gasteiger partial charge in [0.25, 0.3) is 5.91 Å². The van der Waals surface area contributed by atoms with Crippen LogP contribution in [0.2, 0.25) is 10.0 Å². The molecule has 0 radical (unpaired) electrons. The number of nitrogens with one attached hydrogen (secondary N) is 1. The molecule has 2 rings (SSSR count). The molecule has 0 aliphatic carbocycles. The number of rotatable bonds is 2. The molecule has 1 aromatic carbocycles. The average molecular weight is 287 g/mol. The number of hydrogen-bond donors (Lipinski definition) is 2. The monoisotopic (exact) mass is 286 g/mol. The first-order valence-electron chi connectivity index (χ1n) is 4.67. The van der Waals surface area contributed by atoms with Crippen LogP contribution in [0.4, 0.5) is 11.4 Å². The van der Waals surface area contributed by atoms with Crippen LogP contribution in [0.3, 0.4) is 0 Å². The molecule has 88 valence electrons. The number of carbonyl (C=O) groups is 1. The SMILES string of the molecule is Nc1cc(Cl)ccc1NC(=O)c1sccc1Cl. The van der Waals surface area contributed by atoms with E-state index in [1.807, 2.05) is 0 Å². The molecule has 6 heteroatoms. The molecule has 17 heavy (non-hydrogen) atoms. The van der Waals surface area contributed by atoms with Crippen molar-refractivity contribution < 1.29 is 4.79 Å². The van der Waals surface area contributed by atoms with Crippen LogP contribution in [0.15, 0.2) is 29.6 Å². The Balaban J connectivity index is 2.22. The molecule has 0 saturated carbocycles. The van der Waals surface area contributed by atoms with E-state index in [-0.39, 0.29) is 5.91 Å². The summed E-state index contributed by atoms with van der Waals surface area (Å²) in [6.45, 7) is 0. The van der Waals surface area contributed by atoms with Crippen molar-refractivity contribution in [2.75, 3.05) is 11.1 Å². The molecule has 1 heterocycles. The van der Waals surface area contributed by atoms with Gasteiger partial charge in [0.15, 0.2) is 0 Å². The molecule has 0 bridgehead atoms. The third-order valence-electron chi connectivity index (χ3n) is 2.09. The number of halogens is 2. The molecular weight excluding hydrogens is 279 g/mol. The second kappa shape index (κ2) is 4.96. The lowest BCUT2D eigenvalue weighted by atomic mass is 10.2. The van der Waals surface area contributed by atoms with Crippen molar-refractivity contribution in [2.45, 2.75) is 0 Å². The molecule has 0 unspecified atom stereocenters. The summed E-state index contributed by atoms with van der Waals surface area (Å²) in [4.78, 5) is 12.3. The zero-order valence-electron chi connectivity index (χ0n) is 8.54. The normalized spacial score (nSPS) is 10.2. The van der Waals surface area contributed by atoms with Gasteiger partial charge in [0, 0.05) is 5.02 Å². The Bertz CT molecular complexity index is 568. The maximum absolute atomic E-state index is 11.9. The lowest BCUT2D eigenvalue weighted by Crippen LogP contribution is -2.12. The second-order valence-corrected chi connectivity index (χ2v) is 5.04. The quantitative estimate of drug-likeness (QED) is 0.823. The van der Waals surface area contributed by atoms with Crippen LogP contribution in [0, 0.1) is 0 Å². The maximum atomic E-state index is 11.9. The summed E-state index contributed by atoms with van der Waals surface area (Å²) in [5, 5.41) is 5.39. The van der Waals surface area contributed by atoms with Gasteiger partial charge in [-0.2, -0.15) is 0 Å². The topological polar surface area (TPSA) is 55.1 Å². The highest BCUT2D eigenvalue weighted by atomic mass is 35.5. The van der Waals surface area contributed by atoms with E-state index < -0.39 is 0 Å². The van der Waals surface area contributed by atoms with Crippen molar-refractivity contribution in [3.05, 3.63) is 44.6 Å². The Kier molecular flexibility index (Phi) is 3.57. The summed E-state index contributed by atoms with van der Waals surface area (Å²) in [5.41, 5.74) is 6.67. The standard InChI is InChI=1S/C11H8Cl2N2OS/c12-6-1-2-9(8(14)5-6)15-11(16)10-7(13)3-4-17-10/h1-5H,14H2,(H,15,16). The van der Waals surface area contributed by atoms with Crippen LogP contribution in [0.5, 0.6) is 0 Å². The average Bonchev–Trinajstić information content (AvgIpc) is 2.68. The minimum atomic E-state index is -0.279. The van der Waals surface area contributed by atoms with Crippen molar-refractivity contribution >= 4 is 51.8 Å². The summed E-state index contributed by atoms with van der Waals surface area (Å²) in [6, 6.07) is 6.56. The van der Waals surface area contributed by atoms with E-state index in [2.05, 4.69) is 5.32 Å². The Labute approximate surface area is 112 Å². The molecule has 0 atom stereocenters. The van der Waals surface area contributed by atoms with Crippen molar-refractivity contribution in [2.24, 2.45) is 0 Å². The number of anilines is 2. The molecular formula is C11H8Cl2N2OS. The number of benzene rings is 1. The van der Waals surface area contributed by atoms with Crippen molar-refractivity contribution in [1.82, 2.24) is 0 Å². The summed E-state index contributed by atoms with van der Waals surface area (Å²) in [7, 11) is 0. The summed E-state index contributed by atoms with van der Waals surface area (Å²) >= 11 is 12.9. The van der Waals surface area contributed by atoms with Crippen molar-refractivity contribution in [3.63, 3.8) is 0 Å². The van der Waals surface area contributed by atoms with Gasteiger partial charge in [-0.1, -0.05) is 23.2 Å². The molecule has 0 fully saturated rings. The van der Waals surface area contributed by atoms with E-state index in [0.29, 0.717) is 26.3 Å². The minimum Gasteiger partial charge on any atom is -0.397 e. The van der Waals surface area contributed by atoms with E-state index in [1.54, 1.807) is 29.6 Å². The highest BCUT2D eigenvalue weighted by molar-refractivity contribution is 7.12. The van der Waals surface area contributed by atoms with Crippen molar-refractivity contribution in [3.8, 4) is 0 Å². The third kappa shape index (κ3) is 2.72. The van der Waals surface area contributed by atoms with Gasteiger partial charge in [-0.25, -0.2) is 0 Å². The summed E-state index contributed by atoms with van der Waals surface area (Å²) in [6.07, 6.45) is 0. The first-order valence-corrected chi connectivity index (χ1v) is 6.31. The first-order chi connectivity index (χ1) is 8.08. The van der Waals surface area contributed by atoms with Gasteiger partial charge >= 0.3 is 0 Å². The van der Waals surface area contributed by atoms with Crippen molar-refractivity contribution in [1.29, 1.82) is 0 Å². The predicted octanol–water partition coefficient (Wildman–Crippen LogP) is 3.89. The number of hydrogen-bond acceptors (Lipinski definition) is 3. The fourth-order valence-corrected chi connectivity index (χ4v) is 2.50. The number of nitrogens with two attached hydrogens (primary N) is 1. The lowest BCUT2D eigenvalue weighted by Gasteiger charge is -2.07. The largest absolute Gasteiger partial charge is 0.397 e. The molecule has 1 amide bonds. The highest BCUT2D eigenvalue weighted by Crippen LogP contribution is 2.26. The number of carbonyl (C=O) groups excluding carboxylic acids is 1. The van der Waals surface area contributed by atoms with Gasteiger partial charge in [-0.3, -0.25) is 4.79 Å². The first kappa shape index (κ1) is 12.2. The molecule has 0 aliphatic heterocycles. The Morgan fingerprint density at radius 3 is 2.65 bits per heavy atom. The van der Waals surface area contributed by atoms with E-state index >= 15 is 0 Å². The molecule has 0 saturated heterocycles. The van der Waals surface area contributed by atoms with E-state index in [1.165, 1.54) is 11.3 Å². The zero-order chi connectivity index (χ0) is 12.4. The molecule has 2 aromatic rings. The van der Waals surface area contributed by atoms with Crippen LogP contribution in [-0.4, -0.2) is 5.91 Å². The van der Waals surface area contributed by atoms with Gasteiger partial charge in [-0.05, 0) is 29.6 Å². The van der Waals surface area contributed by atoms with E-state index in [0.717, 1.165) is 0 Å². The van der Waals surface area contributed by atoms with Crippen LogP contribution < -0.4 is 11.1 Å². The van der Waals surface area contributed by atoms with E-state index in [4.69, 9.17) is 28.9 Å². The van der Waals surface area contributed by atoms with E-state index in [9.17, 15) is 4.79 Å². The number of amides is 1. The summed E-state index contributed by atoms with van der Waals surface area (Å²) in [5.74, 6) is -0.279. The van der Waals surface area contributed by atoms with Crippen LogP contribution in [-0.2, 0) is 0 Å². The maximum Gasteiger partial charge on any atom is 0.267 e. The molecule has 3 nitrogen and oxygen atoms in total. The second-order valence-electron chi connectivity index (χ2n) is 3.28. The molecule has 3 N–H and O–H groups in total. The summed E-state index contributed by atoms with van der Waals surface area (Å²) < 4.78 is 0. The smallest absolute Gasteiger partial charge is 0.267 e. The Morgan fingerprint density at radius 2 is 2.06 bits per heavy atom.